The monoisotopic (exact) mass is 402 g/mol. The second-order valence-electron chi connectivity index (χ2n) is 5.18. The van der Waals surface area contributed by atoms with Crippen LogP contribution in [0.15, 0.2) is 59.1 Å². The van der Waals surface area contributed by atoms with Gasteiger partial charge in [-0.1, -0.05) is 53.2 Å². The van der Waals surface area contributed by atoms with E-state index in [-0.39, 0.29) is 6.61 Å². The number of hydrogen-bond acceptors (Lipinski definition) is 3. The number of nitrogens with one attached hydrogen (secondary N) is 2. The van der Waals surface area contributed by atoms with Crippen LogP contribution < -0.4 is 15.6 Å². The maximum atomic E-state index is 11.7. The van der Waals surface area contributed by atoms with E-state index in [2.05, 4.69) is 33.7 Å². The first-order valence-electron chi connectivity index (χ1n) is 7.81. The second kappa shape index (κ2) is 9.64. The molecular weight excluding hydrogens is 384 g/mol. The molecule has 2 aromatic carbocycles. The molecule has 0 aliphatic heterocycles. The Balaban J connectivity index is 1.73. The predicted molar refractivity (Wildman–Crippen MR) is 101 cm³/mol. The predicted octanol–water partition coefficient (Wildman–Crippen LogP) is 3.25. The Bertz CT molecular complexity index is 758. The zero-order valence-electron chi connectivity index (χ0n) is 13.8. The maximum absolute atomic E-state index is 11.7. The van der Waals surface area contributed by atoms with Gasteiger partial charge >= 0.3 is 0 Å². The van der Waals surface area contributed by atoms with Crippen LogP contribution in [0.1, 0.15) is 18.1 Å². The van der Waals surface area contributed by atoms with Crippen molar-refractivity contribution in [1.29, 1.82) is 0 Å². The average molecular weight is 403 g/mol. The summed E-state index contributed by atoms with van der Waals surface area (Å²) in [5, 5.41) is 0. The molecule has 0 spiro atoms. The molecule has 6 heteroatoms. The first kappa shape index (κ1) is 18.7. The van der Waals surface area contributed by atoms with Gasteiger partial charge in [0.2, 0.25) is 0 Å². The highest BCUT2D eigenvalue weighted by atomic mass is 79.9. The van der Waals surface area contributed by atoms with Crippen LogP contribution in [0.25, 0.3) is 6.08 Å². The van der Waals surface area contributed by atoms with E-state index in [9.17, 15) is 9.59 Å². The SMILES string of the molecule is CCc1ccc(OCC(=O)NNC(=O)/C=C/c2ccccc2Br)cc1. The molecule has 0 aliphatic rings. The van der Waals surface area contributed by atoms with E-state index in [4.69, 9.17) is 4.74 Å². The Kier molecular flexibility index (Phi) is 7.22. The fourth-order valence-electron chi connectivity index (χ4n) is 1.96. The molecule has 0 radical (unpaired) electrons. The number of carbonyl (C=O) groups is 2. The average Bonchev–Trinajstić information content (AvgIpc) is 2.64. The van der Waals surface area contributed by atoms with Crippen LogP contribution in [0, 0.1) is 0 Å². The highest BCUT2D eigenvalue weighted by molar-refractivity contribution is 9.10. The van der Waals surface area contributed by atoms with E-state index >= 15 is 0 Å². The highest BCUT2D eigenvalue weighted by Gasteiger charge is 2.04. The van der Waals surface area contributed by atoms with Crippen molar-refractivity contribution in [3.05, 3.63) is 70.2 Å². The van der Waals surface area contributed by atoms with Gasteiger partial charge < -0.3 is 4.74 Å². The minimum atomic E-state index is -0.442. The number of hydrogen-bond donors (Lipinski definition) is 2. The van der Waals surface area contributed by atoms with Gasteiger partial charge in [-0.15, -0.1) is 0 Å². The molecule has 2 aromatic rings. The summed E-state index contributed by atoms with van der Waals surface area (Å²) in [6, 6.07) is 15.0. The van der Waals surface area contributed by atoms with E-state index in [0.717, 1.165) is 16.5 Å². The minimum absolute atomic E-state index is 0.181. The molecule has 0 aromatic heterocycles. The lowest BCUT2D eigenvalue weighted by Gasteiger charge is -2.08. The number of amides is 2. The van der Waals surface area contributed by atoms with E-state index in [1.54, 1.807) is 6.08 Å². The Morgan fingerprint density at radius 2 is 1.80 bits per heavy atom. The third kappa shape index (κ3) is 6.43. The Morgan fingerprint density at radius 1 is 1.08 bits per heavy atom. The summed E-state index contributed by atoms with van der Waals surface area (Å²) >= 11 is 3.39. The molecule has 0 atom stereocenters. The molecule has 2 N–H and O–H groups in total. The number of aryl methyl sites for hydroxylation is 1. The van der Waals surface area contributed by atoms with Gasteiger partial charge in [-0.05, 0) is 41.8 Å². The van der Waals surface area contributed by atoms with Gasteiger partial charge in [-0.3, -0.25) is 20.4 Å². The number of rotatable bonds is 6. The molecule has 0 heterocycles. The van der Waals surface area contributed by atoms with Gasteiger partial charge in [0.25, 0.3) is 11.8 Å². The first-order chi connectivity index (χ1) is 12.1. The van der Waals surface area contributed by atoms with Crippen LogP contribution in [-0.4, -0.2) is 18.4 Å². The molecular formula is C19H19BrN2O3. The molecule has 2 rings (SSSR count). The van der Waals surface area contributed by atoms with Gasteiger partial charge in [-0.25, -0.2) is 0 Å². The lowest BCUT2D eigenvalue weighted by atomic mass is 10.2. The van der Waals surface area contributed by atoms with Gasteiger partial charge in [0.1, 0.15) is 5.75 Å². The van der Waals surface area contributed by atoms with Crippen molar-refractivity contribution in [2.45, 2.75) is 13.3 Å². The third-order valence-electron chi connectivity index (χ3n) is 3.35. The molecule has 0 saturated carbocycles. The van der Waals surface area contributed by atoms with E-state index in [1.165, 1.54) is 11.6 Å². The lowest BCUT2D eigenvalue weighted by molar-refractivity contribution is -0.128. The summed E-state index contributed by atoms with van der Waals surface area (Å²) in [5.41, 5.74) is 6.66. The third-order valence-corrected chi connectivity index (χ3v) is 4.07. The summed E-state index contributed by atoms with van der Waals surface area (Å²) in [7, 11) is 0. The fourth-order valence-corrected chi connectivity index (χ4v) is 2.37. The molecule has 0 fully saturated rings. The summed E-state index contributed by atoms with van der Waals surface area (Å²) < 4.78 is 6.24. The number of halogens is 1. The first-order valence-corrected chi connectivity index (χ1v) is 8.61. The van der Waals surface area contributed by atoms with E-state index < -0.39 is 11.8 Å². The minimum Gasteiger partial charge on any atom is -0.484 e. The van der Waals surface area contributed by atoms with Gasteiger partial charge in [0.15, 0.2) is 6.61 Å². The molecule has 130 valence electrons. The largest absolute Gasteiger partial charge is 0.484 e. The summed E-state index contributed by atoms with van der Waals surface area (Å²) in [6.45, 7) is 1.89. The molecule has 0 saturated heterocycles. The number of benzene rings is 2. The van der Waals surface area contributed by atoms with Crippen molar-refractivity contribution in [2.75, 3.05) is 6.61 Å². The summed E-state index contributed by atoms with van der Waals surface area (Å²) in [4.78, 5) is 23.4. The molecule has 0 aliphatic carbocycles. The van der Waals surface area contributed by atoms with Crippen LogP contribution in [-0.2, 0) is 16.0 Å². The van der Waals surface area contributed by atoms with Crippen LogP contribution in [0.5, 0.6) is 5.75 Å². The molecule has 0 bridgehead atoms. The normalized spacial score (nSPS) is 10.5. The number of hydrazine groups is 1. The lowest BCUT2D eigenvalue weighted by Crippen LogP contribution is -2.43. The number of carbonyl (C=O) groups excluding carboxylic acids is 2. The summed E-state index contributed by atoms with van der Waals surface area (Å²) in [6.07, 6.45) is 3.93. The topological polar surface area (TPSA) is 67.4 Å². The van der Waals surface area contributed by atoms with Gasteiger partial charge in [0.05, 0.1) is 0 Å². The summed E-state index contributed by atoms with van der Waals surface area (Å²) in [5.74, 6) is -0.272. The Labute approximate surface area is 155 Å². The highest BCUT2D eigenvalue weighted by Crippen LogP contribution is 2.16. The molecule has 0 unspecified atom stereocenters. The number of ether oxygens (including phenoxy) is 1. The quantitative estimate of drug-likeness (QED) is 0.575. The molecule has 25 heavy (non-hydrogen) atoms. The van der Waals surface area contributed by atoms with Gasteiger partial charge in [0, 0.05) is 10.5 Å². The van der Waals surface area contributed by atoms with Crippen molar-refractivity contribution < 1.29 is 14.3 Å². The van der Waals surface area contributed by atoms with Crippen molar-refractivity contribution in [3.63, 3.8) is 0 Å². The zero-order valence-corrected chi connectivity index (χ0v) is 15.4. The van der Waals surface area contributed by atoms with Crippen molar-refractivity contribution in [3.8, 4) is 5.75 Å². The van der Waals surface area contributed by atoms with Crippen molar-refractivity contribution >= 4 is 33.8 Å². The second-order valence-corrected chi connectivity index (χ2v) is 6.03. The Morgan fingerprint density at radius 3 is 2.48 bits per heavy atom. The van der Waals surface area contributed by atoms with Crippen molar-refractivity contribution in [1.82, 2.24) is 10.9 Å². The Hall–Kier alpha value is -2.60. The van der Waals surface area contributed by atoms with Gasteiger partial charge in [-0.2, -0.15) is 0 Å². The van der Waals surface area contributed by atoms with Crippen LogP contribution in [0.4, 0.5) is 0 Å². The molecule has 2 amide bonds. The maximum Gasteiger partial charge on any atom is 0.276 e. The molecule has 5 nitrogen and oxygen atoms in total. The smallest absolute Gasteiger partial charge is 0.276 e. The zero-order chi connectivity index (χ0) is 18.1. The fraction of sp³-hybridized carbons (Fsp3) is 0.158. The van der Waals surface area contributed by atoms with Crippen LogP contribution >= 0.6 is 15.9 Å². The van der Waals surface area contributed by atoms with Crippen LogP contribution in [0.2, 0.25) is 0 Å². The van der Waals surface area contributed by atoms with E-state index in [0.29, 0.717) is 5.75 Å². The van der Waals surface area contributed by atoms with E-state index in [1.807, 2.05) is 48.5 Å². The van der Waals surface area contributed by atoms with Crippen molar-refractivity contribution in [2.24, 2.45) is 0 Å². The standard InChI is InChI=1S/C19H19BrN2O3/c1-2-14-7-10-16(11-8-14)25-13-19(24)22-21-18(23)12-9-15-5-3-4-6-17(15)20/h3-12H,2,13H2,1H3,(H,21,23)(H,22,24)/b12-9+. The van der Waals surface area contributed by atoms with Crippen LogP contribution in [0.3, 0.4) is 0 Å².